The van der Waals surface area contributed by atoms with Crippen molar-refractivity contribution in [1.29, 1.82) is 5.26 Å². The summed E-state index contributed by atoms with van der Waals surface area (Å²) >= 11 is 1.42. The first kappa shape index (κ1) is 16.5. The van der Waals surface area contributed by atoms with E-state index in [9.17, 15) is 20.0 Å². The number of nitriles is 1. The van der Waals surface area contributed by atoms with Gasteiger partial charge in [-0.25, -0.2) is 4.98 Å². The molecule has 0 fully saturated rings. The molecule has 3 aromatic rings. The molecule has 0 saturated carbocycles. The van der Waals surface area contributed by atoms with Crippen LogP contribution in [0.15, 0.2) is 29.1 Å². The molecule has 2 aromatic heterocycles. The fraction of sp³-hybridized carbons (Fsp3) is 0.263. The number of aromatic nitrogens is 2. The average molecular weight is 365 g/mol. The number of aryl methyl sites for hydroxylation is 2. The van der Waals surface area contributed by atoms with Gasteiger partial charge in [-0.1, -0.05) is 18.2 Å². The largest absolute Gasteiger partial charge is 0.481 e. The van der Waals surface area contributed by atoms with E-state index >= 15 is 0 Å². The third-order valence-electron chi connectivity index (χ3n) is 4.89. The van der Waals surface area contributed by atoms with E-state index in [1.165, 1.54) is 15.9 Å². The highest BCUT2D eigenvalue weighted by molar-refractivity contribution is 7.18. The van der Waals surface area contributed by atoms with Crippen molar-refractivity contribution in [1.82, 2.24) is 9.55 Å². The van der Waals surface area contributed by atoms with E-state index < -0.39 is 11.9 Å². The van der Waals surface area contributed by atoms with Gasteiger partial charge >= 0.3 is 5.97 Å². The van der Waals surface area contributed by atoms with Gasteiger partial charge in [0.15, 0.2) is 0 Å². The second-order valence-corrected chi connectivity index (χ2v) is 7.45. The number of aliphatic carboxylic acids is 1. The SMILES string of the molecule is Cc1nc2sc3c(c2c(=O)n1Cc1ccccc1C#N)C(C(=O)O)CC3. The number of carbonyl (C=O) groups is 1. The Morgan fingerprint density at radius 3 is 2.96 bits per heavy atom. The molecule has 130 valence electrons. The zero-order valence-electron chi connectivity index (χ0n) is 14.0. The van der Waals surface area contributed by atoms with E-state index in [1.807, 2.05) is 12.1 Å². The molecule has 4 rings (SSSR count). The molecule has 0 bridgehead atoms. The van der Waals surface area contributed by atoms with Crippen LogP contribution in [0.1, 0.15) is 39.7 Å². The number of carboxylic acid groups (broad SMARTS) is 1. The van der Waals surface area contributed by atoms with Crippen molar-refractivity contribution in [2.45, 2.75) is 32.2 Å². The molecule has 6 nitrogen and oxygen atoms in total. The van der Waals surface area contributed by atoms with Crippen molar-refractivity contribution in [2.75, 3.05) is 0 Å². The highest BCUT2D eigenvalue weighted by Gasteiger charge is 2.34. The predicted octanol–water partition coefficient (Wildman–Crippen LogP) is 2.80. The summed E-state index contributed by atoms with van der Waals surface area (Å²) in [6, 6.07) is 9.27. The number of fused-ring (bicyclic) bond motifs is 3. The zero-order valence-corrected chi connectivity index (χ0v) is 14.8. The van der Waals surface area contributed by atoms with Gasteiger partial charge in [-0.2, -0.15) is 5.26 Å². The van der Waals surface area contributed by atoms with Crippen molar-refractivity contribution in [3.63, 3.8) is 0 Å². The lowest BCUT2D eigenvalue weighted by Gasteiger charge is -2.12. The molecule has 1 aliphatic rings. The molecule has 2 heterocycles. The van der Waals surface area contributed by atoms with Crippen molar-refractivity contribution >= 4 is 27.5 Å². The molecular formula is C19H15N3O3S. The Morgan fingerprint density at radius 1 is 1.46 bits per heavy atom. The molecule has 1 aromatic carbocycles. The maximum atomic E-state index is 13.2. The van der Waals surface area contributed by atoms with Crippen molar-refractivity contribution in [3.8, 4) is 6.07 Å². The van der Waals surface area contributed by atoms with Gasteiger partial charge in [0.05, 0.1) is 29.5 Å². The summed E-state index contributed by atoms with van der Waals surface area (Å²) in [5.74, 6) is -0.984. The van der Waals surface area contributed by atoms with Crippen LogP contribution in [0.3, 0.4) is 0 Å². The van der Waals surface area contributed by atoms with Crippen LogP contribution in [0.25, 0.3) is 10.2 Å². The van der Waals surface area contributed by atoms with Crippen LogP contribution < -0.4 is 5.56 Å². The number of rotatable bonds is 3. The van der Waals surface area contributed by atoms with E-state index in [2.05, 4.69) is 11.1 Å². The molecule has 0 amide bonds. The lowest BCUT2D eigenvalue weighted by Crippen LogP contribution is -2.25. The third kappa shape index (κ3) is 2.42. The van der Waals surface area contributed by atoms with Crippen LogP contribution in [0.2, 0.25) is 0 Å². The summed E-state index contributed by atoms with van der Waals surface area (Å²) < 4.78 is 1.53. The Labute approximate surface area is 153 Å². The minimum Gasteiger partial charge on any atom is -0.481 e. The molecule has 1 N–H and O–H groups in total. The van der Waals surface area contributed by atoms with Crippen LogP contribution >= 0.6 is 11.3 Å². The maximum absolute atomic E-state index is 13.2. The smallest absolute Gasteiger partial charge is 0.311 e. The van der Waals surface area contributed by atoms with E-state index in [0.29, 0.717) is 40.0 Å². The van der Waals surface area contributed by atoms with Crippen LogP contribution in [-0.2, 0) is 17.8 Å². The predicted molar refractivity (Wildman–Crippen MR) is 97.6 cm³/mol. The minimum atomic E-state index is -0.898. The first-order valence-corrected chi connectivity index (χ1v) is 9.06. The lowest BCUT2D eigenvalue weighted by atomic mass is 10.0. The fourth-order valence-electron chi connectivity index (χ4n) is 3.60. The summed E-state index contributed by atoms with van der Waals surface area (Å²) in [5, 5.41) is 19.2. The van der Waals surface area contributed by atoms with E-state index in [1.54, 1.807) is 19.1 Å². The number of hydrogen-bond acceptors (Lipinski definition) is 5. The van der Waals surface area contributed by atoms with Crippen LogP contribution in [-0.4, -0.2) is 20.6 Å². The highest BCUT2D eigenvalue weighted by atomic mass is 32.1. The van der Waals surface area contributed by atoms with Crippen LogP contribution in [0.5, 0.6) is 0 Å². The first-order valence-electron chi connectivity index (χ1n) is 8.24. The Hall–Kier alpha value is -2.98. The number of thiophene rings is 1. The zero-order chi connectivity index (χ0) is 18.4. The molecule has 1 aliphatic carbocycles. The fourth-order valence-corrected chi connectivity index (χ4v) is 4.88. The Morgan fingerprint density at radius 2 is 2.23 bits per heavy atom. The average Bonchev–Trinajstić information content (AvgIpc) is 3.17. The summed E-state index contributed by atoms with van der Waals surface area (Å²) in [4.78, 5) is 30.9. The highest BCUT2D eigenvalue weighted by Crippen LogP contribution is 2.42. The summed E-state index contributed by atoms with van der Waals surface area (Å²) in [5.41, 5.74) is 1.66. The third-order valence-corrected chi connectivity index (χ3v) is 6.05. The van der Waals surface area contributed by atoms with Crippen molar-refractivity contribution < 1.29 is 9.90 Å². The Kier molecular flexibility index (Phi) is 3.85. The lowest BCUT2D eigenvalue weighted by molar-refractivity contribution is -0.138. The molecular weight excluding hydrogens is 350 g/mol. The maximum Gasteiger partial charge on any atom is 0.311 e. The summed E-state index contributed by atoms with van der Waals surface area (Å²) in [7, 11) is 0. The van der Waals surface area contributed by atoms with Gasteiger partial charge in [-0.3, -0.25) is 14.2 Å². The molecule has 7 heteroatoms. The standard InChI is InChI=1S/C19H15N3O3S/c1-10-21-17-16(15-13(19(24)25)6-7-14(15)26-17)18(23)22(10)9-12-5-3-2-4-11(12)8-20/h2-5,13H,6-7,9H2,1H3,(H,24,25). The number of benzene rings is 1. The first-order chi connectivity index (χ1) is 12.5. The Balaban J connectivity index is 1.92. The topological polar surface area (TPSA) is 96.0 Å². The normalized spacial score (nSPS) is 15.8. The monoisotopic (exact) mass is 365 g/mol. The number of hydrogen-bond donors (Lipinski definition) is 1. The summed E-state index contributed by atoms with van der Waals surface area (Å²) in [6.45, 7) is 2.00. The van der Waals surface area contributed by atoms with E-state index in [-0.39, 0.29) is 12.1 Å². The van der Waals surface area contributed by atoms with Gasteiger partial charge in [-0.15, -0.1) is 11.3 Å². The van der Waals surface area contributed by atoms with Gasteiger partial charge in [0.25, 0.3) is 5.56 Å². The van der Waals surface area contributed by atoms with E-state index in [0.717, 1.165) is 10.4 Å². The molecule has 0 saturated heterocycles. The quantitative estimate of drug-likeness (QED) is 0.770. The van der Waals surface area contributed by atoms with Gasteiger partial charge in [0.2, 0.25) is 0 Å². The molecule has 1 atom stereocenters. The van der Waals surface area contributed by atoms with E-state index in [4.69, 9.17) is 0 Å². The van der Waals surface area contributed by atoms with Crippen LogP contribution in [0, 0.1) is 18.3 Å². The number of carboxylic acids is 1. The molecule has 0 radical (unpaired) electrons. The van der Waals surface area contributed by atoms with Gasteiger partial charge in [-0.05, 0) is 37.0 Å². The van der Waals surface area contributed by atoms with Crippen molar-refractivity contribution in [3.05, 3.63) is 62.0 Å². The molecule has 26 heavy (non-hydrogen) atoms. The molecule has 0 spiro atoms. The minimum absolute atomic E-state index is 0.231. The van der Waals surface area contributed by atoms with Crippen molar-refractivity contribution in [2.24, 2.45) is 0 Å². The van der Waals surface area contributed by atoms with Gasteiger partial charge in [0, 0.05) is 4.88 Å². The molecule has 0 aliphatic heterocycles. The Bertz CT molecular complexity index is 1150. The van der Waals surface area contributed by atoms with Gasteiger partial charge in [0.1, 0.15) is 10.7 Å². The number of nitrogens with zero attached hydrogens (tertiary/aromatic N) is 3. The second-order valence-electron chi connectivity index (χ2n) is 6.37. The summed E-state index contributed by atoms with van der Waals surface area (Å²) in [6.07, 6.45) is 1.19. The van der Waals surface area contributed by atoms with Gasteiger partial charge < -0.3 is 5.11 Å². The van der Waals surface area contributed by atoms with Crippen LogP contribution in [0.4, 0.5) is 0 Å². The molecule has 1 unspecified atom stereocenters. The second kappa shape index (κ2) is 6.07.